The Labute approximate surface area is 113 Å². The van der Waals surface area contributed by atoms with Crippen LogP contribution < -0.4 is 5.73 Å². The van der Waals surface area contributed by atoms with E-state index in [4.69, 9.17) is 5.73 Å². The average molecular weight is 266 g/mol. The molecule has 0 spiro atoms. The zero-order valence-corrected chi connectivity index (χ0v) is 11.5. The molecule has 2 N–H and O–H groups in total. The van der Waals surface area contributed by atoms with Crippen LogP contribution in [-0.4, -0.2) is 53.2 Å². The molecule has 0 aromatic heterocycles. The number of amidine groups is 1. The largest absolute Gasteiger partial charge is 0.385 e. The Kier molecular flexibility index (Phi) is 4.39. The summed E-state index contributed by atoms with van der Waals surface area (Å²) in [5.41, 5.74) is 5.78. The SMILES string of the molecule is CCCN1C(=O)N=C(N)C1CC(=O)N1CCCCC1. The van der Waals surface area contributed by atoms with Gasteiger partial charge < -0.3 is 15.5 Å². The molecule has 106 valence electrons. The van der Waals surface area contributed by atoms with Crippen molar-refractivity contribution in [2.45, 2.75) is 45.1 Å². The van der Waals surface area contributed by atoms with Gasteiger partial charge in [-0.25, -0.2) is 4.79 Å². The van der Waals surface area contributed by atoms with E-state index in [1.807, 2.05) is 11.8 Å². The smallest absolute Gasteiger partial charge is 0.345 e. The first-order valence-electron chi connectivity index (χ1n) is 7.06. The molecule has 2 aliphatic rings. The maximum absolute atomic E-state index is 12.2. The normalized spacial score (nSPS) is 23.7. The van der Waals surface area contributed by atoms with Crippen LogP contribution in [0.1, 0.15) is 39.0 Å². The lowest BCUT2D eigenvalue weighted by Gasteiger charge is -2.30. The molecule has 19 heavy (non-hydrogen) atoms. The van der Waals surface area contributed by atoms with Crippen LogP contribution in [-0.2, 0) is 4.79 Å². The third-order valence-electron chi connectivity index (χ3n) is 3.73. The zero-order chi connectivity index (χ0) is 13.8. The molecule has 0 aliphatic carbocycles. The predicted molar refractivity (Wildman–Crippen MR) is 72.9 cm³/mol. The number of rotatable bonds is 4. The molecule has 0 radical (unpaired) electrons. The van der Waals surface area contributed by atoms with Crippen molar-refractivity contribution in [3.63, 3.8) is 0 Å². The number of piperidine rings is 1. The van der Waals surface area contributed by atoms with Gasteiger partial charge in [-0.2, -0.15) is 4.99 Å². The van der Waals surface area contributed by atoms with E-state index in [1.165, 1.54) is 6.42 Å². The number of nitrogens with two attached hydrogens (primary N) is 1. The van der Waals surface area contributed by atoms with Gasteiger partial charge in [0.25, 0.3) is 0 Å². The van der Waals surface area contributed by atoms with Gasteiger partial charge in [-0.3, -0.25) is 4.79 Å². The van der Waals surface area contributed by atoms with Gasteiger partial charge in [0.2, 0.25) is 5.91 Å². The number of urea groups is 1. The molecular formula is C13H22N4O2. The van der Waals surface area contributed by atoms with Crippen LogP contribution in [0, 0.1) is 0 Å². The summed E-state index contributed by atoms with van der Waals surface area (Å²) in [5, 5.41) is 0. The van der Waals surface area contributed by atoms with Crippen LogP contribution in [0.5, 0.6) is 0 Å². The lowest BCUT2D eigenvalue weighted by atomic mass is 10.1. The standard InChI is InChI=1S/C13H22N4O2/c1-2-6-17-10(12(14)15-13(17)19)9-11(18)16-7-4-3-5-8-16/h10H,2-9H2,1H3,(H2,14,15,19). The second-order valence-electron chi connectivity index (χ2n) is 5.17. The fourth-order valence-electron chi connectivity index (χ4n) is 2.69. The van der Waals surface area contributed by atoms with E-state index in [1.54, 1.807) is 4.90 Å². The fraction of sp³-hybridized carbons (Fsp3) is 0.769. The second-order valence-corrected chi connectivity index (χ2v) is 5.17. The van der Waals surface area contributed by atoms with Gasteiger partial charge >= 0.3 is 6.03 Å². The van der Waals surface area contributed by atoms with E-state index in [2.05, 4.69) is 4.99 Å². The molecule has 0 saturated carbocycles. The first kappa shape index (κ1) is 13.8. The summed E-state index contributed by atoms with van der Waals surface area (Å²) in [7, 11) is 0. The predicted octanol–water partition coefficient (Wildman–Crippen LogP) is 0.960. The monoisotopic (exact) mass is 266 g/mol. The molecule has 0 aromatic carbocycles. The molecule has 1 atom stereocenters. The molecule has 1 unspecified atom stereocenters. The van der Waals surface area contributed by atoms with Gasteiger partial charge in [-0.05, 0) is 25.7 Å². The van der Waals surface area contributed by atoms with Crippen LogP contribution >= 0.6 is 0 Å². The first-order chi connectivity index (χ1) is 9.13. The number of hydrogen-bond acceptors (Lipinski definition) is 3. The lowest BCUT2D eigenvalue weighted by Crippen LogP contribution is -2.46. The number of hydrogen-bond donors (Lipinski definition) is 1. The fourth-order valence-corrected chi connectivity index (χ4v) is 2.69. The van der Waals surface area contributed by atoms with Gasteiger partial charge in [0.15, 0.2) is 0 Å². The highest BCUT2D eigenvalue weighted by molar-refractivity contribution is 6.04. The summed E-state index contributed by atoms with van der Waals surface area (Å²) < 4.78 is 0. The summed E-state index contributed by atoms with van der Waals surface area (Å²) >= 11 is 0. The van der Waals surface area contributed by atoms with Gasteiger partial charge in [-0.15, -0.1) is 0 Å². The zero-order valence-electron chi connectivity index (χ0n) is 11.5. The van der Waals surface area contributed by atoms with Crippen molar-refractivity contribution in [1.29, 1.82) is 0 Å². The van der Waals surface area contributed by atoms with E-state index in [9.17, 15) is 9.59 Å². The van der Waals surface area contributed by atoms with Crippen LogP contribution in [0.3, 0.4) is 0 Å². The molecule has 6 nitrogen and oxygen atoms in total. The van der Waals surface area contributed by atoms with Crippen molar-refractivity contribution >= 4 is 17.8 Å². The Hall–Kier alpha value is -1.59. The Morgan fingerprint density at radius 3 is 2.68 bits per heavy atom. The van der Waals surface area contributed by atoms with Gasteiger partial charge in [0.05, 0.1) is 12.5 Å². The third kappa shape index (κ3) is 3.05. The Morgan fingerprint density at radius 2 is 2.05 bits per heavy atom. The van der Waals surface area contributed by atoms with Gasteiger partial charge in [0, 0.05) is 19.6 Å². The minimum absolute atomic E-state index is 0.0821. The molecule has 2 rings (SSSR count). The highest BCUT2D eigenvalue weighted by Crippen LogP contribution is 2.18. The Morgan fingerprint density at radius 1 is 1.37 bits per heavy atom. The van der Waals surface area contributed by atoms with Crippen molar-refractivity contribution in [3.05, 3.63) is 0 Å². The molecule has 2 heterocycles. The highest BCUT2D eigenvalue weighted by atomic mass is 16.2. The van der Waals surface area contributed by atoms with Crippen molar-refractivity contribution in [1.82, 2.24) is 9.80 Å². The summed E-state index contributed by atoms with van der Waals surface area (Å²) in [6.07, 6.45) is 4.43. The van der Waals surface area contributed by atoms with Crippen molar-refractivity contribution < 1.29 is 9.59 Å². The van der Waals surface area contributed by atoms with E-state index in [0.717, 1.165) is 32.4 Å². The number of nitrogens with zero attached hydrogens (tertiary/aromatic N) is 3. The highest BCUT2D eigenvalue weighted by Gasteiger charge is 2.35. The maximum Gasteiger partial charge on any atom is 0.345 e. The summed E-state index contributed by atoms with van der Waals surface area (Å²) in [4.78, 5) is 31.2. The van der Waals surface area contributed by atoms with Crippen molar-refractivity contribution in [2.24, 2.45) is 10.7 Å². The summed E-state index contributed by atoms with van der Waals surface area (Å²) in [5.74, 6) is 0.363. The minimum atomic E-state index is -0.345. The third-order valence-corrected chi connectivity index (χ3v) is 3.73. The number of amides is 3. The number of carbonyl (C=O) groups excluding carboxylic acids is 2. The molecule has 1 fully saturated rings. The molecule has 0 bridgehead atoms. The van der Waals surface area contributed by atoms with Crippen LogP contribution in [0.15, 0.2) is 4.99 Å². The van der Waals surface area contributed by atoms with Crippen molar-refractivity contribution in [3.8, 4) is 0 Å². The topological polar surface area (TPSA) is 79.0 Å². The van der Waals surface area contributed by atoms with E-state index >= 15 is 0 Å². The molecule has 3 amide bonds. The second kappa shape index (κ2) is 6.04. The van der Waals surface area contributed by atoms with Gasteiger partial charge in [-0.1, -0.05) is 6.92 Å². The van der Waals surface area contributed by atoms with Gasteiger partial charge in [0.1, 0.15) is 5.84 Å². The number of carbonyl (C=O) groups is 2. The number of likely N-dealkylation sites (tertiary alicyclic amines) is 1. The first-order valence-corrected chi connectivity index (χ1v) is 7.06. The molecule has 0 aromatic rings. The maximum atomic E-state index is 12.2. The summed E-state index contributed by atoms with van der Waals surface area (Å²) in [6, 6.07) is -0.655. The average Bonchev–Trinajstić information content (AvgIpc) is 2.67. The Balaban J connectivity index is 1.97. The van der Waals surface area contributed by atoms with Crippen molar-refractivity contribution in [2.75, 3.05) is 19.6 Å². The van der Waals surface area contributed by atoms with E-state index in [-0.39, 0.29) is 30.2 Å². The molecule has 6 heteroatoms. The molecule has 2 aliphatic heterocycles. The quantitative estimate of drug-likeness (QED) is 0.823. The Bertz CT molecular complexity index is 388. The minimum Gasteiger partial charge on any atom is -0.385 e. The molecular weight excluding hydrogens is 244 g/mol. The summed E-state index contributed by atoms with van der Waals surface area (Å²) in [6.45, 7) is 4.24. The number of aliphatic imine (C=N–C) groups is 1. The lowest BCUT2D eigenvalue weighted by molar-refractivity contribution is -0.132. The van der Waals surface area contributed by atoms with Crippen LogP contribution in [0.25, 0.3) is 0 Å². The molecule has 1 saturated heterocycles. The van der Waals surface area contributed by atoms with E-state index in [0.29, 0.717) is 6.54 Å². The van der Waals surface area contributed by atoms with E-state index < -0.39 is 0 Å². The van der Waals surface area contributed by atoms with Crippen LogP contribution in [0.4, 0.5) is 4.79 Å². The van der Waals surface area contributed by atoms with Crippen LogP contribution in [0.2, 0.25) is 0 Å².